The van der Waals surface area contributed by atoms with E-state index >= 15 is 0 Å². The minimum Gasteiger partial charge on any atom is -0.369 e. The third kappa shape index (κ3) is 3.79. The first kappa shape index (κ1) is 15.4. The minimum absolute atomic E-state index is 0.0000515. The summed E-state index contributed by atoms with van der Waals surface area (Å²) >= 11 is 9.31. The van der Waals surface area contributed by atoms with Crippen molar-refractivity contribution in [1.82, 2.24) is 9.80 Å². The SMILES string of the molecule is CN1CCOC2C=C(CN(CCC#N)C(=S)S)C=NC21. The Morgan fingerprint density at radius 1 is 1.75 bits per heavy atom. The van der Waals surface area contributed by atoms with E-state index in [1.165, 1.54) is 0 Å². The first-order valence-electron chi connectivity index (χ1n) is 6.52. The molecule has 0 N–H and O–H groups in total. The fraction of sp³-hybridized carbons (Fsp3) is 0.615. The third-order valence-electron chi connectivity index (χ3n) is 3.41. The Balaban J connectivity index is 2.01. The van der Waals surface area contributed by atoms with Gasteiger partial charge in [0.15, 0.2) is 0 Å². The number of rotatable bonds is 4. The number of likely N-dealkylation sites (N-methyl/N-ethyl adjacent to an activating group) is 1. The van der Waals surface area contributed by atoms with Crippen LogP contribution >= 0.6 is 24.8 Å². The standard InChI is InChI=1S/C13H18N4OS2/c1-16-5-6-18-11-7-10(8-15-12(11)16)9-17(13(19)20)4-2-3-14/h7-8,11-12H,2,4-6,9H2,1H3,(H,19,20). The van der Waals surface area contributed by atoms with E-state index in [0.717, 1.165) is 18.7 Å². The van der Waals surface area contributed by atoms with Gasteiger partial charge in [0, 0.05) is 25.8 Å². The lowest BCUT2D eigenvalue weighted by atomic mass is 10.1. The first-order valence-corrected chi connectivity index (χ1v) is 7.38. The van der Waals surface area contributed by atoms with Crippen LogP contribution in [0.3, 0.4) is 0 Å². The summed E-state index contributed by atoms with van der Waals surface area (Å²) in [6.45, 7) is 2.82. The monoisotopic (exact) mass is 310 g/mol. The molecule has 2 aliphatic heterocycles. The Kier molecular flexibility index (Phi) is 5.54. The molecule has 0 aromatic rings. The maximum Gasteiger partial charge on any atom is 0.133 e. The van der Waals surface area contributed by atoms with Crippen molar-refractivity contribution in [2.75, 3.05) is 33.3 Å². The molecule has 7 heteroatoms. The van der Waals surface area contributed by atoms with E-state index in [1.54, 1.807) is 0 Å². The summed E-state index contributed by atoms with van der Waals surface area (Å²) < 4.78 is 6.25. The van der Waals surface area contributed by atoms with Gasteiger partial charge in [0.25, 0.3) is 0 Å². The number of hydrogen-bond donors (Lipinski definition) is 1. The molecular formula is C13H18N4OS2. The second-order valence-corrected chi connectivity index (χ2v) is 5.97. The Morgan fingerprint density at radius 3 is 3.25 bits per heavy atom. The van der Waals surface area contributed by atoms with Crippen LogP contribution in [0.1, 0.15) is 6.42 Å². The Hall–Kier alpha value is -0.940. The molecule has 0 aromatic heterocycles. The molecule has 0 bridgehead atoms. The molecule has 2 rings (SSSR count). The summed E-state index contributed by atoms with van der Waals surface area (Å²) in [6, 6.07) is 2.12. The lowest BCUT2D eigenvalue weighted by molar-refractivity contribution is -0.0342. The van der Waals surface area contributed by atoms with E-state index in [4.69, 9.17) is 22.2 Å². The van der Waals surface area contributed by atoms with Gasteiger partial charge in [0.2, 0.25) is 0 Å². The number of ether oxygens (including phenoxy) is 1. The quantitative estimate of drug-likeness (QED) is 0.622. The number of nitrogens with zero attached hydrogens (tertiary/aromatic N) is 4. The molecule has 1 saturated heterocycles. The number of fused-ring (bicyclic) bond motifs is 1. The number of hydrogen-bond acceptors (Lipinski definition) is 5. The number of thiol groups is 1. The molecule has 2 atom stereocenters. The van der Waals surface area contributed by atoms with Crippen molar-refractivity contribution < 1.29 is 4.74 Å². The number of thiocarbonyl (C=S) groups is 1. The summed E-state index contributed by atoms with van der Waals surface area (Å²) in [5.41, 5.74) is 1.05. The van der Waals surface area contributed by atoms with Crippen LogP contribution in [-0.4, -0.2) is 65.9 Å². The number of aliphatic imine (C=N–C) groups is 1. The lowest BCUT2D eigenvalue weighted by Crippen LogP contribution is -2.49. The molecule has 0 aromatic carbocycles. The predicted octanol–water partition coefficient (Wildman–Crippen LogP) is 1.08. The highest BCUT2D eigenvalue weighted by atomic mass is 32.1. The predicted molar refractivity (Wildman–Crippen MR) is 86.1 cm³/mol. The van der Waals surface area contributed by atoms with E-state index in [1.807, 2.05) is 11.1 Å². The van der Waals surface area contributed by atoms with Gasteiger partial charge in [0.1, 0.15) is 16.6 Å². The maximum atomic E-state index is 8.67. The number of dihydropyridines is 1. The van der Waals surface area contributed by atoms with E-state index in [-0.39, 0.29) is 12.3 Å². The van der Waals surface area contributed by atoms with Gasteiger partial charge in [-0.15, -0.1) is 12.6 Å². The highest BCUT2D eigenvalue weighted by Crippen LogP contribution is 2.20. The topological polar surface area (TPSA) is 51.9 Å². The first-order chi connectivity index (χ1) is 9.61. The van der Waals surface area contributed by atoms with Gasteiger partial charge >= 0.3 is 0 Å². The molecule has 0 amide bonds. The summed E-state index contributed by atoms with van der Waals surface area (Å²) in [6.07, 6.45) is 4.47. The van der Waals surface area contributed by atoms with Crippen molar-refractivity contribution in [2.24, 2.45) is 4.99 Å². The summed E-state index contributed by atoms with van der Waals surface area (Å²) in [7, 11) is 2.05. The van der Waals surface area contributed by atoms with Crippen LogP contribution in [0.2, 0.25) is 0 Å². The highest BCUT2D eigenvalue weighted by Gasteiger charge is 2.30. The largest absolute Gasteiger partial charge is 0.369 e. The van der Waals surface area contributed by atoms with Crippen LogP contribution in [0.25, 0.3) is 0 Å². The average Bonchev–Trinajstić information content (AvgIpc) is 2.43. The fourth-order valence-corrected chi connectivity index (χ4v) is 2.63. The van der Waals surface area contributed by atoms with Crippen LogP contribution in [0.15, 0.2) is 16.6 Å². The van der Waals surface area contributed by atoms with Crippen molar-refractivity contribution in [1.29, 1.82) is 5.26 Å². The zero-order valence-corrected chi connectivity index (χ0v) is 13.1. The molecule has 1 fully saturated rings. The van der Waals surface area contributed by atoms with Crippen LogP contribution < -0.4 is 0 Å². The second kappa shape index (κ2) is 7.18. The average molecular weight is 310 g/mol. The Morgan fingerprint density at radius 2 is 2.55 bits per heavy atom. The molecule has 0 aliphatic carbocycles. The zero-order valence-electron chi connectivity index (χ0n) is 11.4. The van der Waals surface area contributed by atoms with Crippen molar-refractivity contribution in [3.63, 3.8) is 0 Å². The van der Waals surface area contributed by atoms with Gasteiger partial charge < -0.3 is 9.64 Å². The van der Waals surface area contributed by atoms with Crippen molar-refractivity contribution in [2.45, 2.75) is 18.7 Å². The van der Waals surface area contributed by atoms with Crippen LogP contribution in [0, 0.1) is 11.3 Å². The molecule has 0 spiro atoms. The van der Waals surface area contributed by atoms with Crippen LogP contribution in [0.5, 0.6) is 0 Å². The van der Waals surface area contributed by atoms with Gasteiger partial charge in [-0.2, -0.15) is 5.26 Å². The van der Waals surface area contributed by atoms with E-state index in [0.29, 0.717) is 23.8 Å². The summed E-state index contributed by atoms with van der Waals surface area (Å²) in [4.78, 5) is 8.64. The molecule has 5 nitrogen and oxygen atoms in total. The Labute approximate surface area is 130 Å². The molecule has 108 valence electrons. The van der Waals surface area contributed by atoms with Gasteiger partial charge in [-0.25, -0.2) is 0 Å². The highest BCUT2D eigenvalue weighted by molar-refractivity contribution is 8.10. The molecule has 20 heavy (non-hydrogen) atoms. The number of nitriles is 1. The smallest absolute Gasteiger partial charge is 0.133 e. The molecule has 2 unspecified atom stereocenters. The van der Waals surface area contributed by atoms with Crippen molar-refractivity contribution in [3.05, 3.63) is 11.6 Å². The van der Waals surface area contributed by atoms with Crippen LogP contribution in [0.4, 0.5) is 0 Å². The normalized spacial score (nSPS) is 25.6. The van der Waals surface area contributed by atoms with Gasteiger partial charge in [-0.05, 0) is 18.7 Å². The second-order valence-electron chi connectivity index (χ2n) is 4.86. The van der Waals surface area contributed by atoms with E-state index in [9.17, 15) is 0 Å². The van der Waals surface area contributed by atoms with E-state index in [2.05, 4.69) is 41.7 Å². The molecule has 0 radical (unpaired) electrons. The Bertz CT molecular complexity index is 471. The molecule has 0 saturated carbocycles. The minimum atomic E-state index is 0.0000515. The van der Waals surface area contributed by atoms with Crippen molar-refractivity contribution in [3.8, 4) is 6.07 Å². The van der Waals surface area contributed by atoms with Crippen molar-refractivity contribution >= 4 is 35.4 Å². The van der Waals surface area contributed by atoms with Gasteiger partial charge in [0.05, 0.1) is 19.1 Å². The zero-order chi connectivity index (χ0) is 14.5. The summed E-state index contributed by atoms with van der Waals surface area (Å²) in [5.74, 6) is 0. The van der Waals surface area contributed by atoms with Crippen LogP contribution in [-0.2, 0) is 4.74 Å². The van der Waals surface area contributed by atoms with Gasteiger partial charge in [-0.1, -0.05) is 12.2 Å². The molecular weight excluding hydrogens is 292 g/mol. The molecule has 2 aliphatic rings. The number of morpholine rings is 1. The summed E-state index contributed by atoms with van der Waals surface area (Å²) in [5, 5.41) is 8.67. The lowest BCUT2D eigenvalue weighted by Gasteiger charge is -2.37. The maximum absolute atomic E-state index is 8.67. The van der Waals surface area contributed by atoms with E-state index < -0.39 is 0 Å². The fourth-order valence-electron chi connectivity index (χ4n) is 2.30. The third-order valence-corrected chi connectivity index (χ3v) is 3.95. The van der Waals surface area contributed by atoms with Gasteiger partial charge in [-0.3, -0.25) is 9.89 Å². The molecule has 2 heterocycles.